The second-order valence-electron chi connectivity index (χ2n) is 7.58. The van der Waals surface area contributed by atoms with E-state index < -0.39 is 30.4 Å². The van der Waals surface area contributed by atoms with E-state index in [9.17, 15) is 24.0 Å². The summed E-state index contributed by atoms with van der Waals surface area (Å²) in [6.45, 7) is 3.24. The van der Waals surface area contributed by atoms with Gasteiger partial charge in [0.05, 0.1) is 18.6 Å². The first-order valence-corrected chi connectivity index (χ1v) is 11.2. The lowest BCUT2D eigenvalue weighted by Gasteiger charge is -2.08. The lowest BCUT2D eigenvalue weighted by molar-refractivity contribution is -0.147. The Morgan fingerprint density at radius 3 is 1.83 bits per heavy atom. The van der Waals surface area contributed by atoms with Crippen LogP contribution in [0.15, 0.2) is 48.5 Å². The fraction of sp³-hybridized carbons (Fsp3) is 0.320. The number of carbonyl (C=O) groups is 5. The molecule has 0 aliphatic rings. The van der Waals surface area contributed by atoms with Crippen molar-refractivity contribution in [1.29, 1.82) is 0 Å². The normalized spacial score (nSPS) is 10.1. The van der Waals surface area contributed by atoms with Gasteiger partial charge in [-0.05, 0) is 55.0 Å². The number of benzene rings is 2. The summed E-state index contributed by atoms with van der Waals surface area (Å²) >= 11 is 0. The predicted octanol–water partition coefficient (Wildman–Crippen LogP) is 3.50. The van der Waals surface area contributed by atoms with Gasteiger partial charge in [-0.3, -0.25) is 19.2 Å². The topological polar surface area (TPSA) is 140 Å². The maximum atomic E-state index is 12.0. The number of rotatable bonds is 12. The molecule has 10 heteroatoms. The first-order valence-electron chi connectivity index (χ1n) is 11.2. The molecule has 0 aliphatic carbocycles. The molecule has 2 aromatic rings. The Hall–Kier alpha value is -4.21. The molecule has 0 fully saturated rings. The zero-order chi connectivity index (χ0) is 25.6. The molecule has 0 radical (unpaired) electrons. The van der Waals surface area contributed by atoms with Crippen LogP contribution >= 0.6 is 0 Å². The van der Waals surface area contributed by atoms with Crippen molar-refractivity contribution < 1.29 is 33.4 Å². The highest BCUT2D eigenvalue weighted by Crippen LogP contribution is 2.14. The molecule has 35 heavy (non-hydrogen) atoms. The number of anilines is 3. The summed E-state index contributed by atoms with van der Waals surface area (Å²) in [5, 5.41) is 7.80. The van der Waals surface area contributed by atoms with Crippen LogP contribution in [-0.4, -0.2) is 42.9 Å². The molecule has 10 nitrogen and oxygen atoms in total. The molecule has 0 unspecified atom stereocenters. The van der Waals surface area contributed by atoms with Crippen molar-refractivity contribution in [3.8, 4) is 0 Å². The largest absolute Gasteiger partial charge is 0.462 e. The lowest BCUT2D eigenvalue weighted by atomic mass is 10.2. The maximum absolute atomic E-state index is 12.0. The average molecular weight is 484 g/mol. The summed E-state index contributed by atoms with van der Waals surface area (Å²) in [7, 11) is 0. The minimum atomic E-state index is -0.693. The molecule has 0 spiro atoms. The second kappa shape index (κ2) is 14.1. The maximum Gasteiger partial charge on any atom is 0.338 e. The SMILES string of the molecule is CCCCOC(=O)c1ccc(NC(=O)COC(=O)CCC(=O)Nc2ccc(NC(C)=O)cc2)cc1. The second-order valence-corrected chi connectivity index (χ2v) is 7.58. The van der Waals surface area contributed by atoms with Crippen LogP contribution in [0.4, 0.5) is 17.1 Å². The van der Waals surface area contributed by atoms with Gasteiger partial charge in [0, 0.05) is 30.4 Å². The number of unbranched alkanes of at least 4 members (excludes halogenated alkanes) is 1. The molecule has 2 aromatic carbocycles. The number of nitrogens with one attached hydrogen (secondary N) is 3. The van der Waals surface area contributed by atoms with Gasteiger partial charge in [-0.2, -0.15) is 0 Å². The van der Waals surface area contributed by atoms with E-state index in [4.69, 9.17) is 9.47 Å². The predicted molar refractivity (Wildman–Crippen MR) is 130 cm³/mol. The van der Waals surface area contributed by atoms with E-state index in [2.05, 4.69) is 16.0 Å². The minimum absolute atomic E-state index is 0.121. The molecule has 0 saturated heterocycles. The number of esters is 2. The Labute approximate surface area is 203 Å². The zero-order valence-electron chi connectivity index (χ0n) is 19.7. The lowest BCUT2D eigenvalue weighted by Crippen LogP contribution is -2.21. The van der Waals surface area contributed by atoms with Gasteiger partial charge in [0.25, 0.3) is 5.91 Å². The van der Waals surface area contributed by atoms with Gasteiger partial charge in [-0.15, -0.1) is 0 Å². The molecule has 0 heterocycles. The van der Waals surface area contributed by atoms with E-state index in [0.717, 1.165) is 12.8 Å². The van der Waals surface area contributed by atoms with Gasteiger partial charge in [0.1, 0.15) is 0 Å². The van der Waals surface area contributed by atoms with Crippen LogP contribution in [0.3, 0.4) is 0 Å². The van der Waals surface area contributed by atoms with Gasteiger partial charge in [0.2, 0.25) is 11.8 Å². The van der Waals surface area contributed by atoms with E-state index in [-0.39, 0.29) is 18.7 Å². The van der Waals surface area contributed by atoms with Gasteiger partial charge < -0.3 is 25.4 Å². The zero-order valence-corrected chi connectivity index (χ0v) is 19.7. The molecular weight excluding hydrogens is 454 g/mol. The monoisotopic (exact) mass is 483 g/mol. The third-order valence-corrected chi connectivity index (χ3v) is 4.54. The van der Waals surface area contributed by atoms with Gasteiger partial charge in [-0.25, -0.2) is 4.79 Å². The minimum Gasteiger partial charge on any atom is -0.462 e. The Balaban J connectivity index is 1.67. The highest BCUT2D eigenvalue weighted by atomic mass is 16.5. The molecule has 0 aromatic heterocycles. The van der Waals surface area contributed by atoms with Gasteiger partial charge in [0.15, 0.2) is 6.61 Å². The fourth-order valence-corrected chi connectivity index (χ4v) is 2.78. The van der Waals surface area contributed by atoms with Gasteiger partial charge in [-0.1, -0.05) is 13.3 Å². The third kappa shape index (κ3) is 10.5. The highest BCUT2D eigenvalue weighted by molar-refractivity contribution is 5.95. The van der Waals surface area contributed by atoms with E-state index in [1.54, 1.807) is 36.4 Å². The van der Waals surface area contributed by atoms with E-state index in [0.29, 0.717) is 29.2 Å². The van der Waals surface area contributed by atoms with Crippen LogP contribution in [0.2, 0.25) is 0 Å². The summed E-state index contributed by atoms with van der Waals surface area (Å²) < 4.78 is 10.0. The van der Waals surface area contributed by atoms with E-state index in [1.165, 1.54) is 19.1 Å². The summed E-state index contributed by atoms with van der Waals surface area (Å²) in [6.07, 6.45) is 1.40. The van der Waals surface area contributed by atoms with Crippen molar-refractivity contribution in [2.75, 3.05) is 29.2 Å². The number of hydrogen-bond donors (Lipinski definition) is 3. The van der Waals surface area contributed by atoms with Crippen molar-refractivity contribution in [3.63, 3.8) is 0 Å². The Kier molecular flexibility index (Phi) is 10.9. The highest BCUT2D eigenvalue weighted by Gasteiger charge is 2.12. The third-order valence-electron chi connectivity index (χ3n) is 4.54. The number of ether oxygens (including phenoxy) is 2. The van der Waals surface area contributed by atoms with Crippen molar-refractivity contribution in [2.45, 2.75) is 39.5 Å². The van der Waals surface area contributed by atoms with Crippen LogP contribution < -0.4 is 16.0 Å². The molecule has 0 bridgehead atoms. The standard InChI is InChI=1S/C25H29N3O7/c1-3-4-15-34-25(33)18-5-7-20(8-6-18)28-23(31)16-35-24(32)14-13-22(30)27-21-11-9-19(10-12-21)26-17(2)29/h5-12H,3-4,13-16H2,1-2H3,(H,26,29)(H,27,30)(H,28,31). The Bertz CT molecular complexity index is 1030. The quantitative estimate of drug-likeness (QED) is 0.310. The molecule has 0 saturated carbocycles. The van der Waals surface area contributed by atoms with Crippen molar-refractivity contribution >= 4 is 46.7 Å². The summed E-state index contributed by atoms with van der Waals surface area (Å²) in [5.41, 5.74) is 1.91. The van der Waals surface area contributed by atoms with E-state index in [1.807, 2.05) is 6.92 Å². The molecule has 186 valence electrons. The number of hydrogen-bond acceptors (Lipinski definition) is 7. The summed E-state index contributed by atoms with van der Waals surface area (Å²) in [4.78, 5) is 58.8. The van der Waals surface area contributed by atoms with Crippen LogP contribution in [0, 0.1) is 0 Å². The molecule has 0 aliphatic heterocycles. The Morgan fingerprint density at radius 1 is 0.714 bits per heavy atom. The average Bonchev–Trinajstić information content (AvgIpc) is 2.83. The molecule has 3 amide bonds. The van der Waals surface area contributed by atoms with Crippen molar-refractivity contribution in [1.82, 2.24) is 0 Å². The van der Waals surface area contributed by atoms with Crippen LogP contribution in [0.5, 0.6) is 0 Å². The van der Waals surface area contributed by atoms with Crippen molar-refractivity contribution in [2.24, 2.45) is 0 Å². The van der Waals surface area contributed by atoms with Crippen LogP contribution in [-0.2, 0) is 28.7 Å². The molecular formula is C25H29N3O7. The number of amides is 3. The fourth-order valence-electron chi connectivity index (χ4n) is 2.78. The Morgan fingerprint density at radius 2 is 1.26 bits per heavy atom. The van der Waals surface area contributed by atoms with E-state index >= 15 is 0 Å². The smallest absolute Gasteiger partial charge is 0.338 e. The van der Waals surface area contributed by atoms with Crippen LogP contribution in [0.25, 0.3) is 0 Å². The van der Waals surface area contributed by atoms with Crippen LogP contribution in [0.1, 0.15) is 49.9 Å². The van der Waals surface area contributed by atoms with Gasteiger partial charge >= 0.3 is 11.9 Å². The summed E-state index contributed by atoms with van der Waals surface area (Å²) in [6, 6.07) is 12.7. The first kappa shape index (κ1) is 27.0. The number of carbonyl (C=O) groups excluding carboxylic acids is 5. The van der Waals surface area contributed by atoms with Crippen molar-refractivity contribution in [3.05, 3.63) is 54.1 Å². The molecule has 2 rings (SSSR count). The molecule has 0 atom stereocenters. The summed E-state index contributed by atoms with van der Waals surface area (Å²) in [5.74, 6) is -2.28. The molecule has 3 N–H and O–H groups in total. The first-order chi connectivity index (χ1) is 16.8.